The van der Waals surface area contributed by atoms with E-state index >= 15 is 0 Å². The van der Waals surface area contributed by atoms with Crippen LogP contribution in [0.25, 0.3) is 0 Å². The molecule has 1 aliphatic rings. The highest BCUT2D eigenvalue weighted by atomic mass is 16.5. The van der Waals surface area contributed by atoms with Gasteiger partial charge in [0.05, 0.1) is 13.0 Å². The molecule has 0 bridgehead atoms. The van der Waals surface area contributed by atoms with Crippen LogP contribution in [0.15, 0.2) is 24.3 Å². The third-order valence-corrected chi connectivity index (χ3v) is 4.34. The normalized spacial score (nSPS) is 17.3. The zero-order valence-corrected chi connectivity index (χ0v) is 15.4. The second-order valence-electron chi connectivity index (χ2n) is 6.93. The fourth-order valence-corrected chi connectivity index (χ4v) is 2.89. The molecule has 1 saturated heterocycles. The Hall–Kier alpha value is -2.24. The molecular formula is C19H29N3O3. The number of ether oxygens (including phenoxy) is 1. The van der Waals surface area contributed by atoms with Gasteiger partial charge in [0, 0.05) is 26.2 Å². The Balaban J connectivity index is 1.83. The number of piperidine rings is 1. The molecule has 0 spiro atoms. The van der Waals surface area contributed by atoms with Crippen molar-refractivity contribution in [2.24, 2.45) is 11.8 Å². The van der Waals surface area contributed by atoms with Gasteiger partial charge in [-0.1, -0.05) is 26.0 Å². The Labute approximate surface area is 149 Å². The monoisotopic (exact) mass is 347 g/mol. The number of carbonyl (C=O) groups excluding carboxylic acids is 2. The summed E-state index contributed by atoms with van der Waals surface area (Å²) in [6.07, 6.45) is 1.67. The minimum Gasteiger partial charge on any atom is -0.497 e. The van der Waals surface area contributed by atoms with E-state index in [1.165, 1.54) is 0 Å². The highest BCUT2D eigenvalue weighted by Gasteiger charge is 2.28. The van der Waals surface area contributed by atoms with Crippen molar-refractivity contribution in [2.45, 2.75) is 33.2 Å². The maximum atomic E-state index is 12.5. The standard InChI is InChI=1S/C19H29N3O3/c1-14(2)11-21-19(24)22-9-5-7-16(13-22)18(23)20-12-15-6-4-8-17(10-15)25-3/h4,6,8,10,14,16H,5,7,9,11-13H2,1-3H3,(H,20,23)(H,21,24). The smallest absolute Gasteiger partial charge is 0.317 e. The molecule has 1 unspecified atom stereocenters. The molecule has 6 nitrogen and oxygen atoms in total. The van der Waals surface area contributed by atoms with Crippen molar-refractivity contribution in [1.82, 2.24) is 15.5 Å². The van der Waals surface area contributed by atoms with E-state index in [1.54, 1.807) is 12.0 Å². The number of carbonyl (C=O) groups is 2. The third kappa shape index (κ3) is 5.96. The van der Waals surface area contributed by atoms with E-state index < -0.39 is 0 Å². The van der Waals surface area contributed by atoms with Crippen molar-refractivity contribution in [1.29, 1.82) is 0 Å². The number of nitrogens with one attached hydrogen (secondary N) is 2. The molecule has 1 fully saturated rings. The molecule has 6 heteroatoms. The number of nitrogens with zero attached hydrogens (tertiary/aromatic N) is 1. The van der Waals surface area contributed by atoms with Crippen LogP contribution in [0.2, 0.25) is 0 Å². The van der Waals surface area contributed by atoms with Gasteiger partial charge < -0.3 is 20.3 Å². The number of urea groups is 1. The molecule has 0 aromatic heterocycles. The molecule has 1 atom stereocenters. The first-order valence-corrected chi connectivity index (χ1v) is 8.93. The average Bonchev–Trinajstić information content (AvgIpc) is 2.64. The third-order valence-electron chi connectivity index (χ3n) is 4.34. The van der Waals surface area contributed by atoms with Gasteiger partial charge in [-0.25, -0.2) is 4.79 Å². The highest BCUT2D eigenvalue weighted by Crippen LogP contribution is 2.17. The number of methoxy groups -OCH3 is 1. The quantitative estimate of drug-likeness (QED) is 0.830. The summed E-state index contributed by atoms with van der Waals surface area (Å²) in [4.78, 5) is 26.4. The lowest BCUT2D eigenvalue weighted by molar-refractivity contribution is -0.126. The summed E-state index contributed by atoms with van der Waals surface area (Å²) in [7, 11) is 1.62. The fraction of sp³-hybridized carbons (Fsp3) is 0.579. The van der Waals surface area contributed by atoms with Crippen molar-refractivity contribution >= 4 is 11.9 Å². The first-order chi connectivity index (χ1) is 12.0. The molecule has 138 valence electrons. The van der Waals surface area contributed by atoms with Crippen molar-refractivity contribution in [2.75, 3.05) is 26.7 Å². The Bertz CT molecular complexity index is 589. The van der Waals surface area contributed by atoms with Crippen molar-refractivity contribution in [3.05, 3.63) is 29.8 Å². The molecule has 1 aromatic carbocycles. The van der Waals surface area contributed by atoms with Crippen LogP contribution in [-0.2, 0) is 11.3 Å². The molecule has 0 radical (unpaired) electrons. The van der Waals surface area contributed by atoms with Gasteiger partial charge in [0.15, 0.2) is 0 Å². The van der Waals surface area contributed by atoms with E-state index in [4.69, 9.17) is 4.74 Å². The van der Waals surface area contributed by atoms with Crippen molar-refractivity contribution in [3.63, 3.8) is 0 Å². The Morgan fingerprint density at radius 3 is 2.84 bits per heavy atom. The number of hydrogen-bond acceptors (Lipinski definition) is 3. The molecule has 3 amide bonds. The highest BCUT2D eigenvalue weighted by molar-refractivity contribution is 5.80. The molecule has 0 saturated carbocycles. The average molecular weight is 347 g/mol. The van der Waals surface area contributed by atoms with Gasteiger partial charge in [-0.3, -0.25) is 4.79 Å². The molecule has 1 aromatic rings. The molecule has 1 aliphatic heterocycles. The van der Waals surface area contributed by atoms with Gasteiger partial charge in [0.25, 0.3) is 0 Å². The first-order valence-electron chi connectivity index (χ1n) is 8.93. The Kier molecular flexibility index (Phi) is 7.10. The van der Waals surface area contributed by atoms with E-state index in [2.05, 4.69) is 24.5 Å². The van der Waals surface area contributed by atoms with Gasteiger partial charge in [-0.15, -0.1) is 0 Å². The van der Waals surface area contributed by atoms with E-state index in [1.807, 2.05) is 24.3 Å². The van der Waals surface area contributed by atoms with Gasteiger partial charge in [-0.2, -0.15) is 0 Å². The lowest BCUT2D eigenvalue weighted by atomic mass is 9.97. The molecule has 2 N–H and O–H groups in total. The van der Waals surface area contributed by atoms with Crippen LogP contribution >= 0.6 is 0 Å². The van der Waals surface area contributed by atoms with Gasteiger partial charge in [0.1, 0.15) is 5.75 Å². The summed E-state index contributed by atoms with van der Waals surface area (Å²) < 4.78 is 5.19. The molecule has 0 aliphatic carbocycles. The van der Waals surface area contributed by atoms with Gasteiger partial charge in [0.2, 0.25) is 5.91 Å². The Morgan fingerprint density at radius 2 is 2.12 bits per heavy atom. The van der Waals surface area contributed by atoms with Crippen LogP contribution < -0.4 is 15.4 Å². The maximum absolute atomic E-state index is 12.5. The van der Waals surface area contributed by atoms with Crippen LogP contribution in [0.4, 0.5) is 4.79 Å². The van der Waals surface area contributed by atoms with Gasteiger partial charge in [-0.05, 0) is 36.5 Å². The first kappa shape index (κ1) is 19.1. The van der Waals surface area contributed by atoms with Crippen LogP contribution in [0, 0.1) is 11.8 Å². The summed E-state index contributed by atoms with van der Waals surface area (Å²) in [5, 5.41) is 5.90. The van der Waals surface area contributed by atoms with Crippen molar-refractivity contribution < 1.29 is 14.3 Å². The summed E-state index contributed by atoms with van der Waals surface area (Å²) in [5.74, 6) is 1.04. The predicted molar refractivity (Wildman–Crippen MR) is 97.4 cm³/mol. The zero-order valence-electron chi connectivity index (χ0n) is 15.4. The molecular weight excluding hydrogens is 318 g/mol. The lowest BCUT2D eigenvalue weighted by Gasteiger charge is -2.32. The minimum absolute atomic E-state index is 0.00387. The summed E-state index contributed by atoms with van der Waals surface area (Å²) in [5.41, 5.74) is 0.995. The second-order valence-corrected chi connectivity index (χ2v) is 6.93. The number of amides is 3. The largest absolute Gasteiger partial charge is 0.497 e. The number of benzene rings is 1. The maximum Gasteiger partial charge on any atom is 0.317 e. The zero-order chi connectivity index (χ0) is 18.2. The van der Waals surface area contributed by atoms with Gasteiger partial charge >= 0.3 is 6.03 Å². The molecule has 2 rings (SSSR count). The summed E-state index contributed by atoms with van der Waals surface area (Å²) in [6, 6.07) is 7.57. The number of likely N-dealkylation sites (tertiary alicyclic amines) is 1. The summed E-state index contributed by atoms with van der Waals surface area (Å²) in [6.45, 7) is 6.43. The second kappa shape index (κ2) is 9.30. The van der Waals surface area contributed by atoms with E-state index in [0.717, 1.165) is 24.2 Å². The lowest BCUT2D eigenvalue weighted by Crippen LogP contribution is -2.49. The van der Waals surface area contributed by atoms with Crippen molar-refractivity contribution in [3.8, 4) is 5.75 Å². The van der Waals surface area contributed by atoms with Crippen LogP contribution in [0.5, 0.6) is 5.75 Å². The molecule has 25 heavy (non-hydrogen) atoms. The van der Waals surface area contributed by atoms with E-state index in [9.17, 15) is 9.59 Å². The topological polar surface area (TPSA) is 70.7 Å². The van der Waals surface area contributed by atoms with Crippen LogP contribution in [0.3, 0.4) is 0 Å². The van der Waals surface area contributed by atoms with Crippen LogP contribution in [-0.4, -0.2) is 43.6 Å². The SMILES string of the molecule is COc1cccc(CNC(=O)C2CCCN(C(=O)NCC(C)C)C2)c1. The van der Waals surface area contributed by atoms with Crippen LogP contribution in [0.1, 0.15) is 32.3 Å². The fourth-order valence-electron chi connectivity index (χ4n) is 2.89. The Morgan fingerprint density at radius 1 is 1.32 bits per heavy atom. The number of hydrogen-bond donors (Lipinski definition) is 2. The minimum atomic E-state index is -0.149. The molecule has 1 heterocycles. The van der Waals surface area contributed by atoms with E-state index in [-0.39, 0.29) is 17.9 Å². The van der Waals surface area contributed by atoms with E-state index in [0.29, 0.717) is 32.1 Å². The predicted octanol–water partition coefficient (Wildman–Crippen LogP) is 2.39. The number of rotatable bonds is 6. The summed E-state index contributed by atoms with van der Waals surface area (Å²) >= 11 is 0.